The summed E-state index contributed by atoms with van der Waals surface area (Å²) in [6, 6.07) is 17.0. The molecule has 6 nitrogen and oxygen atoms in total. The van der Waals surface area contributed by atoms with E-state index in [2.05, 4.69) is 4.98 Å². The molecule has 1 atom stereocenters. The second kappa shape index (κ2) is 8.44. The van der Waals surface area contributed by atoms with E-state index in [0.717, 1.165) is 11.1 Å². The standard InChI is InChI=1S/C25H22N2O4/c1-3-31-20-9-7-19(8-10-20)27-22(18-6-4-5-16(2)15-18)21(24(29)25(27)30)23(28)17-11-13-26-14-12-17/h4-15,22,28H,3H2,1-2H3/b23-21-. The fourth-order valence-electron chi connectivity index (χ4n) is 3.79. The number of carbonyl (C=O) groups is 2. The van der Waals surface area contributed by atoms with Crippen molar-refractivity contribution in [1.29, 1.82) is 0 Å². The quantitative estimate of drug-likeness (QED) is 0.380. The van der Waals surface area contributed by atoms with E-state index in [1.54, 1.807) is 36.4 Å². The van der Waals surface area contributed by atoms with Crippen LogP contribution in [0.2, 0.25) is 0 Å². The Bertz CT molecular complexity index is 1150. The molecule has 6 heteroatoms. The summed E-state index contributed by atoms with van der Waals surface area (Å²) in [4.78, 5) is 31.6. The van der Waals surface area contributed by atoms with Crippen LogP contribution in [0.3, 0.4) is 0 Å². The van der Waals surface area contributed by atoms with Gasteiger partial charge in [-0.1, -0.05) is 29.8 Å². The van der Waals surface area contributed by atoms with Crippen LogP contribution in [0.25, 0.3) is 5.76 Å². The Morgan fingerprint density at radius 2 is 1.77 bits per heavy atom. The molecule has 0 aliphatic carbocycles. The van der Waals surface area contributed by atoms with Crippen molar-refractivity contribution in [1.82, 2.24) is 4.98 Å². The van der Waals surface area contributed by atoms with Crippen LogP contribution in [0.5, 0.6) is 5.75 Å². The smallest absolute Gasteiger partial charge is 0.300 e. The van der Waals surface area contributed by atoms with Gasteiger partial charge in [-0.15, -0.1) is 0 Å². The minimum absolute atomic E-state index is 0.0516. The van der Waals surface area contributed by atoms with E-state index in [1.807, 2.05) is 38.1 Å². The largest absolute Gasteiger partial charge is 0.507 e. The summed E-state index contributed by atoms with van der Waals surface area (Å²) in [5, 5.41) is 11.0. The molecule has 1 fully saturated rings. The number of aliphatic hydroxyl groups excluding tert-OH is 1. The summed E-state index contributed by atoms with van der Waals surface area (Å²) in [7, 11) is 0. The number of hydrogen-bond acceptors (Lipinski definition) is 5. The summed E-state index contributed by atoms with van der Waals surface area (Å²) in [6.07, 6.45) is 3.05. The van der Waals surface area contributed by atoms with Gasteiger partial charge in [-0.3, -0.25) is 19.5 Å². The number of amides is 1. The molecule has 156 valence electrons. The van der Waals surface area contributed by atoms with Crippen LogP contribution < -0.4 is 9.64 Å². The number of Topliss-reactive ketones (excluding diaryl/α,β-unsaturated/α-hetero) is 1. The van der Waals surface area contributed by atoms with Crippen molar-refractivity contribution in [2.75, 3.05) is 11.5 Å². The number of ether oxygens (including phenoxy) is 1. The molecule has 1 unspecified atom stereocenters. The molecule has 0 saturated carbocycles. The molecule has 31 heavy (non-hydrogen) atoms. The Morgan fingerprint density at radius 1 is 1.06 bits per heavy atom. The van der Waals surface area contributed by atoms with Crippen molar-refractivity contribution in [2.24, 2.45) is 0 Å². The molecule has 1 saturated heterocycles. The Hall–Kier alpha value is -3.93. The molecule has 1 aromatic heterocycles. The third kappa shape index (κ3) is 3.80. The zero-order valence-corrected chi connectivity index (χ0v) is 17.3. The first kappa shape index (κ1) is 20.3. The van der Waals surface area contributed by atoms with E-state index in [0.29, 0.717) is 23.6 Å². The fraction of sp³-hybridized carbons (Fsp3) is 0.160. The minimum Gasteiger partial charge on any atom is -0.507 e. The van der Waals surface area contributed by atoms with Crippen molar-refractivity contribution in [3.05, 3.63) is 95.3 Å². The summed E-state index contributed by atoms with van der Waals surface area (Å²) < 4.78 is 5.49. The molecule has 1 N–H and O–H groups in total. The van der Waals surface area contributed by atoms with Crippen molar-refractivity contribution in [2.45, 2.75) is 19.9 Å². The van der Waals surface area contributed by atoms with Gasteiger partial charge in [0.2, 0.25) is 0 Å². The molecule has 0 bridgehead atoms. The van der Waals surface area contributed by atoms with Crippen LogP contribution >= 0.6 is 0 Å². The average Bonchev–Trinajstić information content (AvgIpc) is 3.05. The molecule has 0 radical (unpaired) electrons. The lowest BCUT2D eigenvalue weighted by molar-refractivity contribution is -0.132. The number of aliphatic hydroxyl groups is 1. The highest BCUT2D eigenvalue weighted by Crippen LogP contribution is 2.42. The zero-order chi connectivity index (χ0) is 22.0. The number of aromatic nitrogens is 1. The minimum atomic E-state index is -0.758. The monoisotopic (exact) mass is 414 g/mol. The maximum Gasteiger partial charge on any atom is 0.300 e. The molecule has 2 heterocycles. The van der Waals surface area contributed by atoms with Gasteiger partial charge in [-0.05, 0) is 55.8 Å². The maximum absolute atomic E-state index is 13.1. The molecule has 4 rings (SSSR count). The van der Waals surface area contributed by atoms with Crippen LogP contribution in [-0.2, 0) is 9.59 Å². The molecule has 1 amide bonds. The highest BCUT2D eigenvalue weighted by atomic mass is 16.5. The molecule has 0 spiro atoms. The van der Waals surface area contributed by atoms with Gasteiger partial charge < -0.3 is 9.84 Å². The predicted molar refractivity (Wildman–Crippen MR) is 118 cm³/mol. The Morgan fingerprint density at radius 3 is 2.42 bits per heavy atom. The summed E-state index contributed by atoms with van der Waals surface area (Å²) in [6.45, 7) is 4.36. The summed E-state index contributed by atoms with van der Waals surface area (Å²) >= 11 is 0. The number of aryl methyl sites for hydroxylation is 1. The third-order valence-electron chi connectivity index (χ3n) is 5.18. The number of anilines is 1. The van der Waals surface area contributed by atoms with Gasteiger partial charge >= 0.3 is 0 Å². The molecule has 3 aromatic rings. The van der Waals surface area contributed by atoms with Gasteiger partial charge in [0.15, 0.2) is 0 Å². The molecular formula is C25H22N2O4. The summed E-state index contributed by atoms with van der Waals surface area (Å²) in [5.74, 6) is -0.964. The number of rotatable bonds is 5. The van der Waals surface area contributed by atoms with Crippen LogP contribution in [0.1, 0.15) is 29.7 Å². The van der Waals surface area contributed by atoms with E-state index >= 15 is 0 Å². The molecule has 1 aliphatic rings. The normalized spacial score (nSPS) is 17.7. The van der Waals surface area contributed by atoms with Crippen molar-refractivity contribution in [3.63, 3.8) is 0 Å². The van der Waals surface area contributed by atoms with E-state index in [-0.39, 0.29) is 11.3 Å². The Kier molecular flexibility index (Phi) is 5.54. The van der Waals surface area contributed by atoms with Crippen molar-refractivity contribution in [3.8, 4) is 5.75 Å². The maximum atomic E-state index is 13.1. The predicted octanol–water partition coefficient (Wildman–Crippen LogP) is 4.42. The van der Waals surface area contributed by atoms with Crippen LogP contribution in [0, 0.1) is 6.92 Å². The first-order valence-corrected chi connectivity index (χ1v) is 10.0. The van der Waals surface area contributed by atoms with Gasteiger partial charge in [-0.25, -0.2) is 0 Å². The number of ketones is 1. The van der Waals surface area contributed by atoms with Gasteiger partial charge in [0.25, 0.3) is 11.7 Å². The van der Waals surface area contributed by atoms with E-state index in [1.165, 1.54) is 17.3 Å². The number of nitrogens with zero attached hydrogens (tertiary/aromatic N) is 2. The van der Waals surface area contributed by atoms with Gasteiger partial charge in [0.05, 0.1) is 18.2 Å². The van der Waals surface area contributed by atoms with Crippen molar-refractivity contribution < 1.29 is 19.4 Å². The first-order chi connectivity index (χ1) is 15.0. The lowest BCUT2D eigenvalue weighted by Crippen LogP contribution is -2.29. The Labute approximate surface area is 180 Å². The van der Waals surface area contributed by atoms with Crippen LogP contribution in [0.4, 0.5) is 5.69 Å². The lowest BCUT2D eigenvalue weighted by Gasteiger charge is -2.26. The number of hydrogen-bond donors (Lipinski definition) is 1. The second-order valence-electron chi connectivity index (χ2n) is 7.25. The van der Waals surface area contributed by atoms with Gasteiger partial charge in [0, 0.05) is 23.6 Å². The fourth-order valence-corrected chi connectivity index (χ4v) is 3.79. The van der Waals surface area contributed by atoms with E-state index in [9.17, 15) is 14.7 Å². The van der Waals surface area contributed by atoms with Crippen molar-refractivity contribution >= 4 is 23.1 Å². The van der Waals surface area contributed by atoms with Crippen LogP contribution in [-0.4, -0.2) is 28.4 Å². The SMILES string of the molecule is CCOc1ccc(N2C(=O)C(=O)/C(=C(\O)c3ccncc3)C2c2cccc(C)c2)cc1. The zero-order valence-electron chi connectivity index (χ0n) is 17.3. The molecule has 1 aliphatic heterocycles. The van der Waals surface area contributed by atoms with Gasteiger partial charge in [-0.2, -0.15) is 0 Å². The van der Waals surface area contributed by atoms with Gasteiger partial charge in [0.1, 0.15) is 11.5 Å². The molecular weight excluding hydrogens is 392 g/mol. The first-order valence-electron chi connectivity index (χ1n) is 10.0. The highest BCUT2D eigenvalue weighted by Gasteiger charge is 2.46. The third-order valence-corrected chi connectivity index (χ3v) is 5.18. The number of benzene rings is 2. The topological polar surface area (TPSA) is 79.7 Å². The van der Waals surface area contributed by atoms with E-state index < -0.39 is 17.7 Å². The summed E-state index contributed by atoms with van der Waals surface area (Å²) in [5.41, 5.74) is 2.75. The average molecular weight is 414 g/mol. The number of pyridine rings is 1. The highest BCUT2D eigenvalue weighted by molar-refractivity contribution is 6.51. The van der Waals surface area contributed by atoms with Crippen LogP contribution in [0.15, 0.2) is 78.6 Å². The lowest BCUT2D eigenvalue weighted by atomic mass is 9.94. The molecule has 2 aromatic carbocycles. The Balaban J connectivity index is 1.90. The number of carbonyl (C=O) groups excluding carboxylic acids is 2. The van der Waals surface area contributed by atoms with E-state index in [4.69, 9.17) is 4.74 Å². The second-order valence-corrected chi connectivity index (χ2v) is 7.25.